The molecule has 3 rings (SSSR count). The Morgan fingerprint density at radius 1 is 1.27 bits per heavy atom. The topological polar surface area (TPSA) is 59.0 Å². The van der Waals surface area contributed by atoms with Crippen LogP contribution in [0.3, 0.4) is 0 Å². The maximum atomic E-state index is 10.8. The fraction of sp³-hybridized carbons (Fsp3) is 0.667. The molecule has 0 amide bonds. The van der Waals surface area contributed by atoms with Crippen LogP contribution < -0.4 is 9.47 Å². The summed E-state index contributed by atoms with van der Waals surface area (Å²) in [6.45, 7) is 6.23. The number of rotatable bonds is 9. The Morgan fingerprint density at radius 2 is 2.08 bits per heavy atom. The molecule has 2 heterocycles. The summed E-state index contributed by atoms with van der Waals surface area (Å²) in [6.07, 6.45) is 7.10. The number of carboxylic acids is 1. The zero-order valence-electron chi connectivity index (χ0n) is 15.8. The van der Waals surface area contributed by atoms with Crippen LogP contribution in [0.25, 0.3) is 0 Å². The number of unbranched alkanes of at least 4 members (excludes halogenated alkanes) is 3. The van der Waals surface area contributed by atoms with Crippen molar-refractivity contribution in [1.82, 2.24) is 4.90 Å². The van der Waals surface area contributed by atoms with Crippen molar-refractivity contribution in [2.75, 3.05) is 32.8 Å². The molecule has 144 valence electrons. The normalized spacial score (nSPS) is 18.5. The summed E-state index contributed by atoms with van der Waals surface area (Å²) < 4.78 is 11.9. The molecule has 0 aliphatic carbocycles. The van der Waals surface area contributed by atoms with E-state index in [-0.39, 0.29) is 11.8 Å². The number of aliphatic carboxylic acids is 1. The molecular formula is C21H31NO4. The number of benzene rings is 1. The van der Waals surface area contributed by atoms with Gasteiger partial charge in [0.05, 0.1) is 19.6 Å². The fourth-order valence-electron chi connectivity index (χ4n) is 4.03. The lowest BCUT2D eigenvalue weighted by Gasteiger charge is -2.38. The van der Waals surface area contributed by atoms with Crippen LogP contribution in [-0.2, 0) is 10.2 Å². The van der Waals surface area contributed by atoms with Crippen molar-refractivity contribution in [3.63, 3.8) is 0 Å². The number of carboxylic acid groups (broad SMARTS) is 1. The molecule has 1 spiro atoms. The van der Waals surface area contributed by atoms with Gasteiger partial charge in [0.25, 0.3) is 0 Å². The largest absolute Gasteiger partial charge is 0.493 e. The van der Waals surface area contributed by atoms with Gasteiger partial charge >= 0.3 is 5.97 Å². The molecule has 2 aliphatic rings. The average molecular weight is 361 g/mol. The van der Waals surface area contributed by atoms with Crippen LogP contribution in [-0.4, -0.2) is 48.8 Å². The second-order valence-corrected chi connectivity index (χ2v) is 7.62. The van der Waals surface area contributed by atoms with Crippen LogP contribution in [0.4, 0.5) is 0 Å². The Hall–Kier alpha value is -1.75. The highest BCUT2D eigenvalue weighted by atomic mass is 16.5. The van der Waals surface area contributed by atoms with Gasteiger partial charge in [-0.3, -0.25) is 4.79 Å². The van der Waals surface area contributed by atoms with Crippen molar-refractivity contribution in [2.45, 2.75) is 57.3 Å². The Kier molecular flexibility index (Phi) is 6.41. The predicted molar refractivity (Wildman–Crippen MR) is 101 cm³/mol. The molecule has 1 fully saturated rings. The van der Waals surface area contributed by atoms with E-state index >= 15 is 0 Å². The molecule has 26 heavy (non-hydrogen) atoms. The van der Waals surface area contributed by atoms with Crippen LogP contribution in [0.5, 0.6) is 11.5 Å². The molecule has 5 heteroatoms. The number of nitrogens with zero attached hydrogens (tertiary/aromatic N) is 1. The number of hydrogen-bond donors (Lipinski definition) is 1. The number of hydrogen-bond acceptors (Lipinski definition) is 4. The molecule has 1 aromatic rings. The van der Waals surface area contributed by atoms with Gasteiger partial charge in [-0.25, -0.2) is 0 Å². The van der Waals surface area contributed by atoms with E-state index in [4.69, 9.17) is 14.6 Å². The maximum absolute atomic E-state index is 10.8. The second kappa shape index (κ2) is 8.76. The standard InChI is InChI=1S/C21H31NO4/c1-2-3-4-5-14-25-17-6-7-18-19(15-17)26-16-21(18)9-12-22(13-10-21)11-8-20(23)24/h6-7,15H,2-5,8-14,16H2,1H3,(H,23,24). The summed E-state index contributed by atoms with van der Waals surface area (Å²) in [7, 11) is 0. The summed E-state index contributed by atoms with van der Waals surface area (Å²) in [5.41, 5.74) is 1.39. The molecule has 1 saturated heterocycles. The number of piperidine rings is 1. The molecule has 1 aromatic carbocycles. The third-order valence-corrected chi connectivity index (χ3v) is 5.75. The van der Waals surface area contributed by atoms with Crippen molar-refractivity contribution in [1.29, 1.82) is 0 Å². The maximum Gasteiger partial charge on any atom is 0.304 e. The van der Waals surface area contributed by atoms with Gasteiger partial charge in [-0.2, -0.15) is 0 Å². The lowest BCUT2D eigenvalue weighted by atomic mass is 9.74. The molecule has 0 unspecified atom stereocenters. The third-order valence-electron chi connectivity index (χ3n) is 5.75. The zero-order chi connectivity index (χ0) is 18.4. The van der Waals surface area contributed by atoms with Gasteiger partial charge in [0.2, 0.25) is 0 Å². The van der Waals surface area contributed by atoms with E-state index < -0.39 is 5.97 Å². The molecule has 0 aromatic heterocycles. The van der Waals surface area contributed by atoms with E-state index in [1.807, 2.05) is 6.07 Å². The summed E-state index contributed by atoms with van der Waals surface area (Å²) in [4.78, 5) is 13.0. The van der Waals surface area contributed by atoms with Crippen LogP contribution in [0.15, 0.2) is 18.2 Å². The summed E-state index contributed by atoms with van der Waals surface area (Å²) in [6, 6.07) is 6.29. The van der Waals surface area contributed by atoms with E-state index in [1.54, 1.807) is 0 Å². The molecular weight excluding hydrogens is 330 g/mol. The van der Waals surface area contributed by atoms with E-state index in [9.17, 15) is 4.79 Å². The monoisotopic (exact) mass is 361 g/mol. The molecule has 5 nitrogen and oxygen atoms in total. The smallest absolute Gasteiger partial charge is 0.304 e. The molecule has 0 atom stereocenters. The Morgan fingerprint density at radius 3 is 2.81 bits per heavy atom. The first-order valence-corrected chi connectivity index (χ1v) is 9.97. The van der Waals surface area contributed by atoms with Crippen molar-refractivity contribution < 1.29 is 19.4 Å². The lowest BCUT2D eigenvalue weighted by Crippen LogP contribution is -2.44. The van der Waals surface area contributed by atoms with Crippen molar-refractivity contribution >= 4 is 5.97 Å². The minimum Gasteiger partial charge on any atom is -0.493 e. The van der Waals surface area contributed by atoms with Crippen LogP contribution >= 0.6 is 0 Å². The van der Waals surface area contributed by atoms with E-state index in [0.717, 1.165) is 57.1 Å². The second-order valence-electron chi connectivity index (χ2n) is 7.62. The minimum absolute atomic E-state index is 0.0920. The predicted octanol–water partition coefficient (Wildman–Crippen LogP) is 3.85. The van der Waals surface area contributed by atoms with Gasteiger partial charge in [0.15, 0.2) is 0 Å². The van der Waals surface area contributed by atoms with Gasteiger partial charge in [-0.05, 0) is 38.4 Å². The zero-order valence-corrected chi connectivity index (χ0v) is 15.8. The highest BCUT2D eigenvalue weighted by Crippen LogP contribution is 2.46. The first-order chi connectivity index (χ1) is 12.6. The Labute approximate surface area is 156 Å². The number of fused-ring (bicyclic) bond motifs is 2. The highest BCUT2D eigenvalue weighted by Gasteiger charge is 2.43. The van der Waals surface area contributed by atoms with E-state index in [1.165, 1.54) is 24.8 Å². The van der Waals surface area contributed by atoms with Crippen LogP contribution in [0, 0.1) is 0 Å². The third kappa shape index (κ3) is 4.50. The van der Waals surface area contributed by atoms with E-state index in [2.05, 4.69) is 24.0 Å². The fourth-order valence-corrected chi connectivity index (χ4v) is 4.03. The number of carbonyl (C=O) groups is 1. The Balaban J connectivity index is 1.54. The molecule has 0 radical (unpaired) electrons. The highest BCUT2D eigenvalue weighted by molar-refractivity contribution is 5.66. The Bertz CT molecular complexity index is 608. The summed E-state index contributed by atoms with van der Waals surface area (Å²) >= 11 is 0. The van der Waals surface area contributed by atoms with Crippen LogP contribution in [0.2, 0.25) is 0 Å². The average Bonchev–Trinajstić information content (AvgIpc) is 2.99. The first kappa shape index (κ1) is 19.0. The van der Waals surface area contributed by atoms with Gasteiger partial charge in [-0.1, -0.05) is 32.3 Å². The summed E-state index contributed by atoms with van der Waals surface area (Å²) in [5.74, 6) is 1.15. The van der Waals surface area contributed by atoms with Crippen molar-refractivity contribution in [3.05, 3.63) is 23.8 Å². The molecule has 2 aliphatic heterocycles. The van der Waals surface area contributed by atoms with Crippen LogP contribution in [0.1, 0.15) is 57.4 Å². The van der Waals surface area contributed by atoms with E-state index in [0.29, 0.717) is 6.54 Å². The van der Waals surface area contributed by atoms with Crippen molar-refractivity contribution in [2.24, 2.45) is 0 Å². The molecule has 0 bridgehead atoms. The first-order valence-electron chi connectivity index (χ1n) is 9.97. The number of likely N-dealkylation sites (tertiary alicyclic amines) is 1. The minimum atomic E-state index is -0.720. The van der Waals surface area contributed by atoms with Gasteiger partial charge in [0.1, 0.15) is 11.5 Å². The van der Waals surface area contributed by atoms with Gasteiger partial charge < -0.3 is 19.5 Å². The van der Waals surface area contributed by atoms with Gasteiger partial charge in [-0.15, -0.1) is 0 Å². The summed E-state index contributed by atoms with van der Waals surface area (Å²) in [5, 5.41) is 8.85. The van der Waals surface area contributed by atoms with Crippen molar-refractivity contribution in [3.8, 4) is 11.5 Å². The quantitative estimate of drug-likeness (QED) is 0.677. The lowest BCUT2D eigenvalue weighted by molar-refractivity contribution is -0.137. The molecule has 0 saturated carbocycles. The SMILES string of the molecule is CCCCCCOc1ccc2c(c1)OCC21CCN(CCC(=O)O)CC1. The molecule has 1 N–H and O–H groups in total. The van der Waals surface area contributed by atoms with Gasteiger partial charge in [0, 0.05) is 23.6 Å². The number of ether oxygens (including phenoxy) is 2.